The zero-order valence-electron chi connectivity index (χ0n) is 18.4. The van der Waals surface area contributed by atoms with E-state index in [2.05, 4.69) is 10.0 Å². The average molecular weight is 493 g/mol. The Balaban J connectivity index is 1.93. The first-order valence-electron chi connectivity index (χ1n) is 10.3. The molecule has 0 aromatic heterocycles. The third-order valence-corrected chi connectivity index (χ3v) is 5.47. The maximum atomic E-state index is 13.8. The van der Waals surface area contributed by atoms with E-state index in [1.165, 1.54) is 31.4 Å². The van der Waals surface area contributed by atoms with E-state index in [4.69, 9.17) is 9.29 Å². The van der Waals surface area contributed by atoms with Crippen LogP contribution in [0.2, 0.25) is 0 Å². The number of ketones is 1. The number of carbonyl (C=O) groups excluding carboxylic acids is 1. The van der Waals surface area contributed by atoms with Crippen LogP contribution in [0.1, 0.15) is 28.4 Å². The van der Waals surface area contributed by atoms with E-state index in [1.807, 2.05) is 6.92 Å². The number of hydrogen-bond donors (Lipinski definition) is 3. The van der Waals surface area contributed by atoms with E-state index >= 15 is 0 Å². The first-order valence-corrected chi connectivity index (χ1v) is 11.4. The van der Waals surface area contributed by atoms with Crippen LogP contribution in [-0.4, -0.2) is 28.2 Å². The minimum atomic E-state index is -4.59. The summed E-state index contributed by atoms with van der Waals surface area (Å²) >= 11 is -2.20. The first-order chi connectivity index (χ1) is 16.1. The van der Waals surface area contributed by atoms with Crippen LogP contribution < -0.4 is 14.8 Å². The van der Waals surface area contributed by atoms with Crippen molar-refractivity contribution in [3.05, 3.63) is 77.4 Å². The number of rotatable bonds is 9. The number of ether oxygens (including phenoxy) is 1. The molecule has 34 heavy (non-hydrogen) atoms. The lowest BCUT2D eigenvalue weighted by Crippen LogP contribution is -2.10. The highest BCUT2D eigenvalue weighted by atomic mass is 32.2. The number of anilines is 2. The van der Waals surface area contributed by atoms with E-state index in [0.29, 0.717) is 34.6 Å². The van der Waals surface area contributed by atoms with Crippen LogP contribution in [0.5, 0.6) is 5.75 Å². The van der Waals surface area contributed by atoms with E-state index in [0.717, 1.165) is 6.07 Å². The van der Waals surface area contributed by atoms with Gasteiger partial charge in [0.2, 0.25) is 0 Å². The molecular weight excluding hydrogens is 469 g/mol. The third-order valence-electron chi connectivity index (χ3n) is 5.05. The van der Waals surface area contributed by atoms with Crippen molar-refractivity contribution in [2.24, 2.45) is 0 Å². The number of halogens is 3. The molecule has 0 fully saturated rings. The van der Waals surface area contributed by atoms with Gasteiger partial charge < -0.3 is 10.1 Å². The Hall–Kier alpha value is -3.37. The summed E-state index contributed by atoms with van der Waals surface area (Å²) in [5, 5.41) is 3.06. The molecule has 0 amide bonds. The summed E-state index contributed by atoms with van der Waals surface area (Å²) in [6, 6.07) is 14.8. The van der Waals surface area contributed by atoms with Gasteiger partial charge in [-0.1, -0.05) is 30.3 Å². The molecule has 1 unspecified atom stereocenters. The molecule has 0 aliphatic rings. The summed E-state index contributed by atoms with van der Waals surface area (Å²) in [7, 11) is 1.30. The number of nitrogens with one attached hydrogen (secondary N) is 2. The molecule has 3 aromatic carbocycles. The fourth-order valence-corrected chi connectivity index (χ4v) is 3.83. The van der Waals surface area contributed by atoms with Crippen molar-refractivity contribution in [1.29, 1.82) is 0 Å². The molecule has 0 aliphatic carbocycles. The quantitative estimate of drug-likeness (QED) is 0.260. The molecule has 3 rings (SSSR count). The number of hydrogen-bond acceptors (Lipinski definition) is 4. The molecule has 3 aromatic rings. The smallest absolute Gasteiger partial charge is 0.417 e. The van der Waals surface area contributed by atoms with Gasteiger partial charge in [0.1, 0.15) is 5.75 Å². The maximum absolute atomic E-state index is 13.8. The van der Waals surface area contributed by atoms with Gasteiger partial charge in [0, 0.05) is 35.5 Å². The fraction of sp³-hybridized carbons (Fsp3) is 0.208. The number of Topliss-reactive ketones (excluding diaryl/α,β-unsaturated/α-hetero) is 1. The monoisotopic (exact) mass is 492 g/mol. The van der Waals surface area contributed by atoms with Crippen molar-refractivity contribution in [2.45, 2.75) is 19.5 Å². The SMILES string of the molecule is CCNc1cc(C(=O)Cc2ccc(NS(=O)O)cc2)ccc1-c1ccc(OC)cc1C(F)(F)F. The van der Waals surface area contributed by atoms with Crippen molar-refractivity contribution < 1.29 is 31.5 Å². The topological polar surface area (TPSA) is 87.7 Å². The summed E-state index contributed by atoms with van der Waals surface area (Å²) in [6.07, 6.45) is -4.53. The van der Waals surface area contributed by atoms with Crippen molar-refractivity contribution >= 4 is 28.4 Å². The zero-order chi connectivity index (χ0) is 24.9. The largest absolute Gasteiger partial charge is 0.497 e. The number of methoxy groups -OCH3 is 1. The second-order valence-corrected chi connectivity index (χ2v) is 8.05. The second kappa shape index (κ2) is 10.7. The van der Waals surface area contributed by atoms with Gasteiger partial charge in [0.15, 0.2) is 5.78 Å². The average Bonchev–Trinajstić information content (AvgIpc) is 2.79. The molecule has 0 radical (unpaired) electrons. The van der Waals surface area contributed by atoms with Gasteiger partial charge in [0.05, 0.1) is 12.7 Å². The molecule has 180 valence electrons. The third kappa shape index (κ3) is 6.15. The Kier molecular flexibility index (Phi) is 7.95. The molecule has 0 bridgehead atoms. The van der Waals surface area contributed by atoms with E-state index in [9.17, 15) is 22.2 Å². The molecule has 0 saturated heterocycles. The molecule has 0 spiro atoms. The van der Waals surface area contributed by atoms with Crippen molar-refractivity contribution in [3.63, 3.8) is 0 Å². The Morgan fingerprint density at radius 3 is 2.29 bits per heavy atom. The van der Waals surface area contributed by atoms with E-state index < -0.39 is 23.0 Å². The van der Waals surface area contributed by atoms with Gasteiger partial charge in [-0.3, -0.25) is 14.1 Å². The Morgan fingerprint density at radius 2 is 1.71 bits per heavy atom. The number of alkyl halides is 3. The van der Waals surface area contributed by atoms with Crippen molar-refractivity contribution in [3.8, 4) is 16.9 Å². The predicted molar refractivity (Wildman–Crippen MR) is 126 cm³/mol. The highest BCUT2D eigenvalue weighted by Gasteiger charge is 2.34. The lowest BCUT2D eigenvalue weighted by molar-refractivity contribution is -0.137. The molecule has 6 nitrogen and oxygen atoms in total. The van der Waals surface area contributed by atoms with Crippen molar-refractivity contribution in [2.75, 3.05) is 23.7 Å². The number of carbonyl (C=O) groups is 1. The summed E-state index contributed by atoms with van der Waals surface area (Å²) in [5.74, 6) is -0.123. The van der Waals surface area contributed by atoms with Crippen LogP contribution in [0.4, 0.5) is 24.5 Å². The first kappa shape index (κ1) is 25.3. The molecule has 0 heterocycles. The second-order valence-electron chi connectivity index (χ2n) is 7.35. The lowest BCUT2D eigenvalue weighted by Gasteiger charge is -2.18. The molecule has 3 N–H and O–H groups in total. The van der Waals surface area contributed by atoms with Gasteiger partial charge >= 0.3 is 6.18 Å². The van der Waals surface area contributed by atoms with Gasteiger partial charge in [-0.25, -0.2) is 4.21 Å². The number of benzene rings is 3. The summed E-state index contributed by atoms with van der Waals surface area (Å²) in [4.78, 5) is 12.9. The lowest BCUT2D eigenvalue weighted by atomic mass is 9.94. The van der Waals surface area contributed by atoms with Crippen LogP contribution in [-0.2, 0) is 23.9 Å². The molecule has 0 saturated carbocycles. The van der Waals surface area contributed by atoms with Crippen LogP contribution in [0.25, 0.3) is 11.1 Å². The molecule has 10 heteroatoms. The minimum absolute atomic E-state index is 0.0207. The molecule has 0 aliphatic heterocycles. The zero-order valence-corrected chi connectivity index (χ0v) is 19.2. The predicted octanol–water partition coefficient (Wildman–Crippen LogP) is 5.79. The summed E-state index contributed by atoms with van der Waals surface area (Å²) in [5.41, 5.74) is 1.34. The van der Waals surface area contributed by atoms with Crippen LogP contribution in [0.3, 0.4) is 0 Å². The van der Waals surface area contributed by atoms with Gasteiger partial charge in [-0.2, -0.15) is 13.2 Å². The van der Waals surface area contributed by atoms with Crippen LogP contribution in [0, 0.1) is 0 Å². The highest BCUT2D eigenvalue weighted by Crippen LogP contribution is 2.41. The van der Waals surface area contributed by atoms with Gasteiger partial charge in [-0.15, -0.1) is 0 Å². The summed E-state index contributed by atoms with van der Waals surface area (Å²) < 4.78 is 68.2. The summed E-state index contributed by atoms with van der Waals surface area (Å²) in [6.45, 7) is 2.26. The Labute approximate surface area is 197 Å². The van der Waals surface area contributed by atoms with Gasteiger partial charge in [-0.05, 0) is 48.4 Å². The fourth-order valence-electron chi connectivity index (χ4n) is 3.49. The Bertz CT molecular complexity index is 1200. The van der Waals surface area contributed by atoms with Crippen molar-refractivity contribution in [1.82, 2.24) is 0 Å². The normalized spacial score (nSPS) is 12.2. The van der Waals surface area contributed by atoms with Gasteiger partial charge in [0.25, 0.3) is 11.3 Å². The van der Waals surface area contributed by atoms with E-state index in [-0.39, 0.29) is 23.5 Å². The Morgan fingerprint density at radius 1 is 1.03 bits per heavy atom. The molecule has 1 atom stereocenters. The molecular formula is C24H23F3N2O4S. The standard InChI is InChI=1S/C24H23F3N2O4S/c1-3-28-22-13-16(23(30)12-15-4-7-17(8-5-15)29-34(31)32)6-10-20(22)19-11-9-18(33-2)14-21(19)24(25,26)27/h4-11,13-14,28-29H,3,12H2,1-2H3,(H,31,32). The van der Waals surface area contributed by atoms with E-state index in [1.54, 1.807) is 30.3 Å². The van der Waals surface area contributed by atoms with Crippen LogP contribution >= 0.6 is 0 Å². The van der Waals surface area contributed by atoms with Crippen LogP contribution in [0.15, 0.2) is 60.7 Å². The minimum Gasteiger partial charge on any atom is -0.497 e. The highest BCUT2D eigenvalue weighted by molar-refractivity contribution is 7.80. The maximum Gasteiger partial charge on any atom is 0.417 e.